The van der Waals surface area contributed by atoms with Gasteiger partial charge in [-0.1, -0.05) is 6.92 Å². The smallest absolute Gasteiger partial charge is 0.129 e. The van der Waals surface area contributed by atoms with Crippen LogP contribution in [0.4, 0.5) is 5.82 Å². The van der Waals surface area contributed by atoms with Gasteiger partial charge in [0.2, 0.25) is 0 Å². The molecule has 1 aromatic rings. The zero-order valence-corrected chi connectivity index (χ0v) is 13.3. The number of nitrogens with zero attached hydrogens (tertiary/aromatic N) is 3. The van der Waals surface area contributed by atoms with E-state index >= 15 is 0 Å². The molecular weight excluding hydrogens is 248 g/mol. The van der Waals surface area contributed by atoms with E-state index in [-0.39, 0.29) is 0 Å². The number of hydrogen-bond donors (Lipinski definition) is 1. The third-order valence-corrected chi connectivity index (χ3v) is 4.19. The molecule has 0 saturated carbocycles. The van der Waals surface area contributed by atoms with Crippen LogP contribution in [-0.2, 0) is 13.0 Å². The third kappa shape index (κ3) is 3.70. The van der Waals surface area contributed by atoms with Crippen molar-refractivity contribution in [1.82, 2.24) is 15.2 Å². The molecule has 0 spiro atoms. The van der Waals surface area contributed by atoms with Crippen molar-refractivity contribution in [2.45, 2.75) is 38.8 Å². The summed E-state index contributed by atoms with van der Waals surface area (Å²) in [6.07, 6.45) is 3.46. The molecule has 0 bridgehead atoms. The van der Waals surface area contributed by atoms with Crippen LogP contribution in [-0.4, -0.2) is 50.2 Å². The Labute approximate surface area is 123 Å². The lowest BCUT2D eigenvalue weighted by Gasteiger charge is -2.36. The molecule has 0 amide bonds. The van der Waals surface area contributed by atoms with Gasteiger partial charge in [0.1, 0.15) is 5.82 Å². The minimum Gasteiger partial charge on any atom is -0.356 e. The topological polar surface area (TPSA) is 31.4 Å². The highest BCUT2D eigenvalue weighted by molar-refractivity contribution is 5.43. The van der Waals surface area contributed by atoms with Gasteiger partial charge in [-0.25, -0.2) is 4.98 Å². The first-order chi connectivity index (χ1) is 9.63. The van der Waals surface area contributed by atoms with Crippen molar-refractivity contribution < 1.29 is 0 Å². The van der Waals surface area contributed by atoms with Crippen molar-refractivity contribution in [2.24, 2.45) is 0 Å². The number of piperidine rings is 1. The maximum Gasteiger partial charge on any atom is 0.129 e. The highest BCUT2D eigenvalue weighted by atomic mass is 15.2. The lowest BCUT2D eigenvalue weighted by atomic mass is 10.0. The fourth-order valence-electron chi connectivity index (χ4n) is 2.89. The Bertz CT molecular complexity index is 422. The van der Waals surface area contributed by atoms with Crippen molar-refractivity contribution in [3.05, 3.63) is 23.4 Å². The number of pyridine rings is 1. The van der Waals surface area contributed by atoms with E-state index in [1.165, 1.54) is 24.1 Å². The molecule has 1 N–H and O–H groups in total. The van der Waals surface area contributed by atoms with Gasteiger partial charge >= 0.3 is 0 Å². The SMILES string of the molecule is CCc1cc(CNC)cc(N2CCC(N(C)C)CC2)n1. The maximum absolute atomic E-state index is 4.81. The summed E-state index contributed by atoms with van der Waals surface area (Å²) in [6, 6.07) is 5.18. The Balaban J connectivity index is 2.10. The van der Waals surface area contributed by atoms with Crippen LogP contribution < -0.4 is 10.2 Å². The Morgan fingerprint density at radius 3 is 2.55 bits per heavy atom. The molecule has 1 fully saturated rings. The molecule has 1 aliphatic heterocycles. The molecule has 2 heterocycles. The summed E-state index contributed by atoms with van der Waals surface area (Å²) in [6.45, 7) is 5.31. The fourth-order valence-corrected chi connectivity index (χ4v) is 2.89. The molecule has 0 radical (unpaired) electrons. The molecule has 0 aromatic carbocycles. The summed E-state index contributed by atoms with van der Waals surface area (Å²) >= 11 is 0. The van der Waals surface area contributed by atoms with E-state index in [0.717, 1.165) is 37.9 Å². The predicted octanol–water partition coefficient (Wildman–Crippen LogP) is 1.89. The molecule has 4 heteroatoms. The van der Waals surface area contributed by atoms with E-state index < -0.39 is 0 Å². The first-order valence-electron chi connectivity index (χ1n) is 7.69. The number of anilines is 1. The predicted molar refractivity (Wildman–Crippen MR) is 85.3 cm³/mol. The van der Waals surface area contributed by atoms with Gasteiger partial charge in [0.25, 0.3) is 0 Å². The summed E-state index contributed by atoms with van der Waals surface area (Å²) in [5.41, 5.74) is 2.53. The molecule has 1 saturated heterocycles. The van der Waals surface area contributed by atoms with E-state index in [9.17, 15) is 0 Å². The molecule has 1 aromatic heterocycles. The summed E-state index contributed by atoms with van der Waals surface area (Å²) < 4.78 is 0. The first kappa shape index (κ1) is 15.3. The third-order valence-electron chi connectivity index (χ3n) is 4.19. The van der Waals surface area contributed by atoms with E-state index in [1.807, 2.05) is 7.05 Å². The van der Waals surface area contributed by atoms with Gasteiger partial charge in [-0.15, -0.1) is 0 Å². The molecule has 4 nitrogen and oxygen atoms in total. The van der Waals surface area contributed by atoms with E-state index in [2.05, 4.69) is 48.3 Å². The zero-order chi connectivity index (χ0) is 14.5. The second-order valence-corrected chi connectivity index (χ2v) is 5.89. The van der Waals surface area contributed by atoms with Crippen LogP contribution in [0.1, 0.15) is 31.0 Å². The van der Waals surface area contributed by atoms with Gasteiger partial charge in [-0.05, 0) is 58.1 Å². The summed E-state index contributed by atoms with van der Waals surface area (Å²) in [4.78, 5) is 9.60. The number of aryl methyl sites for hydroxylation is 1. The van der Waals surface area contributed by atoms with Gasteiger partial charge in [0.05, 0.1) is 0 Å². The van der Waals surface area contributed by atoms with Crippen LogP contribution in [0.15, 0.2) is 12.1 Å². The van der Waals surface area contributed by atoms with E-state index in [4.69, 9.17) is 4.98 Å². The molecule has 1 aliphatic rings. The van der Waals surface area contributed by atoms with Crippen LogP contribution in [0.5, 0.6) is 0 Å². The van der Waals surface area contributed by atoms with E-state index in [0.29, 0.717) is 0 Å². The van der Waals surface area contributed by atoms with Gasteiger partial charge in [0.15, 0.2) is 0 Å². The van der Waals surface area contributed by atoms with Gasteiger partial charge in [-0.3, -0.25) is 0 Å². The minimum absolute atomic E-state index is 0.720. The van der Waals surface area contributed by atoms with E-state index in [1.54, 1.807) is 0 Å². The molecule has 0 unspecified atom stereocenters. The average molecular weight is 276 g/mol. The van der Waals surface area contributed by atoms with Crippen LogP contribution in [0.2, 0.25) is 0 Å². The molecule has 0 atom stereocenters. The quantitative estimate of drug-likeness (QED) is 0.890. The van der Waals surface area contributed by atoms with Gasteiger partial charge in [-0.2, -0.15) is 0 Å². The standard InChI is InChI=1S/C16H28N4/c1-5-14-10-13(12-17-2)11-16(18-14)20-8-6-15(7-9-20)19(3)4/h10-11,15,17H,5-9,12H2,1-4H3. The normalized spacial score (nSPS) is 16.9. The summed E-state index contributed by atoms with van der Waals surface area (Å²) in [5.74, 6) is 1.16. The van der Waals surface area contributed by atoms with Crippen molar-refractivity contribution in [3.8, 4) is 0 Å². The first-order valence-corrected chi connectivity index (χ1v) is 7.69. The Hall–Kier alpha value is -1.13. The van der Waals surface area contributed by atoms with Crippen LogP contribution in [0.3, 0.4) is 0 Å². The Morgan fingerprint density at radius 2 is 2.00 bits per heavy atom. The lowest BCUT2D eigenvalue weighted by molar-refractivity contribution is 0.249. The van der Waals surface area contributed by atoms with Crippen molar-refractivity contribution in [1.29, 1.82) is 0 Å². The molecule has 0 aliphatic carbocycles. The second kappa shape index (κ2) is 7.04. The van der Waals surface area contributed by atoms with Gasteiger partial charge < -0.3 is 15.1 Å². The molecule has 20 heavy (non-hydrogen) atoms. The van der Waals surface area contributed by atoms with Crippen molar-refractivity contribution in [2.75, 3.05) is 39.1 Å². The summed E-state index contributed by atoms with van der Waals surface area (Å²) in [5, 5.41) is 3.23. The number of aromatic nitrogens is 1. The number of rotatable bonds is 5. The average Bonchev–Trinajstić information content (AvgIpc) is 2.47. The highest BCUT2D eigenvalue weighted by Crippen LogP contribution is 2.22. The molecular formula is C16H28N4. The van der Waals surface area contributed by atoms with Crippen molar-refractivity contribution in [3.63, 3.8) is 0 Å². The Kier molecular flexibility index (Phi) is 5.38. The van der Waals surface area contributed by atoms with Crippen LogP contribution in [0.25, 0.3) is 0 Å². The monoisotopic (exact) mass is 276 g/mol. The second-order valence-electron chi connectivity index (χ2n) is 5.89. The summed E-state index contributed by atoms with van der Waals surface area (Å²) in [7, 11) is 6.36. The van der Waals surface area contributed by atoms with Crippen LogP contribution in [0, 0.1) is 0 Å². The van der Waals surface area contributed by atoms with Crippen LogP contribution >= 0.6 is 0 Å². The lowest BCUT2D eigenvalue weighted by Crippen LogP contribution is -2.42. The Morgan fingerprint density at radius 1 is 1.30 bits per heavy atom. The number of hydrogen-bond acceptors (Lipinski definition) is 4. The van der Waals surface area contributed by atoms with Crippen molar-refractivity contribution >= 4 is 5.82 Å². The van der Waals surface area contributed by atoms with Gasteiger partial charge in [0, 0.05) is 31.4 Å². The minimum atomic E-state index is 0.720. The molecule has 112 valence electrons. The zero-order valence-electron chi connectivity index (χ0n) is 13.3. The fraction of sp³-hybridized carbons (Fsp3) is 0.688. The maximum atomic E-state index is 4.81. The largest absolute Gasteiger partial charge is 0.356 e. The number of nitrogens with one attached hydrogen (secondary N) is 1. The highest BCUT2D eigenvalue weighted by Gasteiger charge is 2.21. The molecule has 2 rings (SSSR count).